The Morgan fingerprint density at radius 2 is 1.95 bits per heavy atom. The molecule has 2 saturated carbocycles. The van der Waals surface area contributed by atoms with Crippen LogP contribution >= 0.6 is 0 Å². The van der Waals surface area contributed by atoms with Gasteiger partial charge < -0.3 is 9.32 Å². The summed E-state index contributed by atoms with van der Waals surface area (Å²) in [4.78, 5) is 19.1. The molecule has 22 heavy (non-hydrogen) atoms. The summed E-state index contributed by atoms with van der Waals surface area (Å²) in [7, 11) is 0. The fourth-order valence-electron chi connectivity index (χ4n) is 3.06. The third kappa shape index (κ3) is 2.54. The largest absolute Gasteiger partial charge is 0.431 e. The van der Waals surface area contributed by atoms with Crippen molar-refractivity contribution in [2.45, 2.75) is 44.7 Å². The molecule has 1 atom stereocenters. The van der Waals surface area contributed by atoms with Crippen molar-refractivity contribution >= 4 is 5.91 Å². The van der Waals surface area contributed by atoms with E-state index in [4.69, 9.17) is 4.42 Å². The molecule has 1 heterocycles. The Morgan fingerprint density at radius 3 is 2.59 bits per heavy atom. The first-order valence-corrected chi connectivity index (χ1v) is 8.08. The standard InChI is InChI=1S/C18H20N2O2/c1-12(13-7-8-13)20(15-9-10-15)18(21)16-11-19-17(22-16)14-5-3-2-4-6-14/h2-6,11-13,15H,7-10H2,1H3. The molecule has 0 N–H and O–H groups in total. The molecule has 0 spiro atoms. The Hall–Kier alpha value is -2.10. The molecule has 4 rings (SSSR count). The van der Waals surface area contributed by atoms with E-state index in [2.05, 4.69) is 11.9 Å². The zero-order valence-electron chi connectivity index (χ0n) is 12.7. The summed E-state index contributed by atoms with van der Waals surface area (Å²) in [5, 5.41) is 0. The summed E-state index contributed by atoms with van der Waals surface area (Å²) in [5.74, 6) is 1.54. The number of rotatable bonds is 5. The first kappa shape index (κ1) is 13.6. The van der Waals surface area contributed by atoms with Gasteiger partial charge in [-0.2, -0.15) is 0 Å². The molecule has 2 aliphatic carbocycles. The highest BCUT2D eigenvalue weighted by molar-refractivity contribution is 5.92. The van der Waals surface area contributed by atoms with Crippen LogP contribution in [0.5, 0.6) is 0 Å². The van der Waals surface area contributed by atoms with Crippen molar-refractivity contribution < 1.29 is 9.21 Å². The first-order valence-electron chi connectivity index (χ1n) is 8.08. The minimum Gasteiger partial charge on any atom is -0.431 e. The Bertz CT molecular complexity index is 671. The van der Waals surface area contributed by atoms with Gasteiger partial charge in [-0.15, -0.1) is 0 Å². The van der Waals surface area contributed by atoms with Crippen LogP contribution in [-0.2, 0) is 0 Å². The fourth-order valence-corrected chi connectivity index (χ4v) is 3.06. The second-order valence-electron chi connectivity index (χ2n) is 6.42. The maximum absolute atomic E-state index is 12.8. The average Bonchev–Trinajstić information content (AvgIpc) is 3.47. The SMILES string of the molecule is CC(C1CC1)N(C(=O)c1cnc(-c2ccccc2)o1)C1CC1. The molecule has 0 bridgehead atoms. The molecule has 1 aromatic heterocycles. The zero-order chi connectivity index (χ0) is 15.1. The number of oxazole rings is 1. The van der Waals surface area contributed by atoms with E-state index in [0.717, 1.165) is 18.4 Å². The van der Waals surface area contributed by atoms with E-state index < -0.39 is 0 Å². The lowest BCUT2D eigenvalue weighted by molar-refractivity contribution is 0.0622. The van der Waals surface area contributed by atoms with Gasteiger partial charge in [-0.05, 0) is 50.7 Å². The third-order valence-electron chi connectivity index (χ3n) is 4.65. The molecule has 2 aliphatic rings. The Morgan fingerprint density at radius 1 is 1.23 bits per heavy atom. The monoisotopic (exact) mass is 296 g/mol. The van der Waals surface area contributed by atoms with E-state index in [1.807, 2.05) is 35.2 Å². The number of carbonyl (C=O) groups is 1. The summed E-state index contributed by atoms with van der Waals surface area (Å²) < 4.78 is 5.74. The van der Waals surface area contributed by atoms with E-state index >= 15 is 0 Å². The van der Waals surface area contributed by atoms with Gasteiger partial charge in [0.15, 0.2) is 0 Å². The fraction of sp³-hybridized carbons (Fsp3) is 0.444. The van der Waals surface area contributed by atoms with Gasteiger partial charge in [-0.3, -0.25) is 4.79 Å². The van der Waals surface area contributed by atoms with Gasteiger partial charge in [0.05, 0.1) is 6.20 Å². The Labute approximate surface area is 130 Å². The molecule has 0 aliphatic heterocycles. The zero-order valence-corrected chi connectivity index (χ0v) is 12.7. The van der Waals surface area contributed by atoms with Gasteiger partial charge in [0.2, 0.25) is 11.7 Å². The smallest absolute Gasteiger partial charge is 0.291 e. The van der Waals surface area contributed by atoms with Gasteiger partial charge in [-0.25, -0.2) is 4.98 Å². The highest BCUT2D eigenvalue weighted by atomic mass is 16.4. The van der Waals surface area contributed by atoms with Gasteiger partial charge in [0, 0.05) is 17.6 Å². The maximum atomic E-state index is 12.8. The maximum Gasteiger partial charge on any atom is 0.291 e. The minimum atomic E-state index is -0.00317. The van der Waals surface area contributed by atoms with Crippen LogP contribution in [0.1, 0.15) is 43.2 Å². The topological polar surface area (TPSA) is 46.3 Å². The number of hydrogen-bond acceptors (Lipinski definition) is 3. The van der Waals surface area contributed by atoms with Crippen LogP contribution in [0.2, 0.25) is 0 Å². The molecular weight excluding hydrogens is 276 g/mol. The van der Waals surface area contributed by atoms with Crippen LogP contribution in [-0.4, -0.2) is 27.9 Å². The molecule has 2 aromatic rings. The number of benzene rings is 1. The van der Waals surface area contributed by atoms with Crippen molar-refractivity contribution in [2.75, 3.05) is 0 Å². The normalized spacial score (nSPS) is 19.0. The molecule has 1 aromatic carbocycles. The average molecular weight is 296 g/mol. The van der Waals surface area contributed by atoms with Gasteiger partial charge in [0.1, 0.15) is 0 Å². The summed E-state index contributed by atoms with van der Waals surface area (Å²) in [6, 6.07) is 10.4. The van der Waals surface area contributed by atoms with Crippen LogP contribution in [0, 0.1) is 5.92 Å². The lowest BCUT2D eigenvalue weighted by Gasteiger charge is -2.28. The predicted octanol–water partition coefficient (Wildman–Crippen LogP) is 3.74. The van der Waals surface area contributed by atoms with Crippen LogP contribution < -0.4 is 0 Å². The first-order chi connectivity index (χ1) is 10.7. The third-order valence-corrected chi connectivity index (χ3v) is 4.65. The van der Waals surface area contributed by atoms with Crippen molar-refractivity contribution in [2.24, 2.45) is 5.92 Å². The molecule has 4 nitrogen and oxygen atoms in total. The van der Waals surface area contributed by atoms with Crippen molar-refractivity contribution in [1.29, 1.82) is 0 Å². The Balaban J connectivity index is 1.58. The van der Waals surface area contributed by atoms with Gasteiger partial charge >= 0.3 is 0 Å². The second-order valence-corrected chi connectivity index (χ2v) is 6.42. The number of aromatic nitrogens is 1. The molecule has 1 amide bonds. The van der Waals surface area contributed by atoms with Crippen molar-refractivity contribution in [3.8, 4) is 11.5 Å². The lowest BCUT2D eigenvalue weighted by Crippen LogP contribution is -2.41. The van der Waals surface area contributed by atoms with Gasteiger partial charge in [-0.1, -0.05) is 18.2 Å². The molecule has 4 heteroatoms. The second kappa shape index (κ2) is 5.27. The molecule has 114 valence electrons. The summed E-state index contributed by atoms with van der Waals surface area (Å²) >= 11 is 0. The van der Waals surface area contributed by atoms with Gasteiger partial charge in [0.25, 0.3) is 5.91 Å². The highest BCUT2D eigenvalue weighted by Gasteiger charge is 2.42. The molecule has 0 radical (unpaired) electrons. The van der Waals surface area contributed by atoms with Crippen LogP contribution in [0.3, 0.4) is 0 Å². The summed E-state index contributed by atoms with van der Waals surface area (Å²) in [6.07, 6.45) is 6.28. The molecule has 0 saturated heterocycles. The van der Waals surface area contributed by atoms with E-state index in [-0.39, 0.29) is 5.91 Å². The summed E-state index contributed by atoms with van der Waals surface area (Å²) in [5.41, 5.74) is 0.898. The number of carbonyl (C=O) groups excluding carboxylic acids is 1. The minimum absolute atomic E-state index is 0.00317. The number of nitrogens with zero attached hydrogens (tertiary/aromatic N) is 2. The van der Waals surface area contributed by atoms with Crippen molar-refractivity contribution in [1.82, 2.24) is 9.88 Å². The summed E-state index contributed by atoms with van der Waals surface area (Å²) in [6.45, 7) is 2.17. The molecule has 1 unspecified atom stereocenters. The van der Waals surface area contributed by atoms with Crippen molar-refractivity contribution in [3.63, 3.8) is 0 Å². The van der Waals surface area contributed by atoms with Crippen molar-refractivity contribution in [3.05, 3.63) is 42.3 Å². The van der Waals surface area contributed by atoms with Crippen LogP contribution in [0.25, 0.3) is 11.5 Å². The lowest BCUT2D eigenvalue weighted by atomic mass is 10.1. The highest BCUT2D eigenvalue weighted by Crippen LogP contribution is 2.40. The van der Waals surface area contributed by atoms with E-state index in [0.29, 0.717) is 29.7 Å². The molecular formula is C18H20N2O2. The predicted molar refractivity (Wildman–Crippen MR) is 83.3 cm³/mol. The van der Waals surface area contributed by atoms with E-state index in [1.165, 1.54) is 12.8 Å². The quantitative estimate of drug-likeness (QED) is 0.844. The number of amides is 1. The van der Waals surface area contributed by atoms with Crippen LogP contribution in [0.4, 0.5) is 0 Å². The number of hydrogen-bond donors (Lipinski definition) is 0. The van der Waals surface area contributed by atoms with E-state index in [1.54, 1.807) is 6.20 Å². The van der Waals surface area contributed by atoms with Crippen LogP contribution in [0.15, 0.2) is 40.9 Å². The van der Waals surface area contributed by atoms with E-state index in [9.17, 15) is 4.79 Å². The Kier molecular flexibility index (Phi) is 3.25. The molecule has 2 fully saturated rings.